The molecule has 3 aliphatic heterocycles. The second-order valence-electron chi connectivity index (χ2n) is 9.60. The molecule has 0 radical (unpaired) electrons. The maximum atomic E-state index is 13.6. The Hall–Kier alpha value is -3.35. The van der Waals surface area contributed by atoms with Crippen LogP contribution in [0.1, 0.15) is 54.4 Å². The summed E-state index contributed by atoms with van der Waals surface area (Å²) in [6.45, 7) is 4.24. The maximum absolute atomic E-state index is 13.6. The summed E-state index contributed by atoms with van der Waals surface area (Å²) in [5, 5.41) is 2.92. The van der Waals surface area contributed by atoms with Gasteiger partial charge in [-0.3, -0.25) is 19.3 Å². The number of nitrogens with one attached hydrogen (secondary N) is 1. The van der Waals surface area contributed by atoms with Crippen molar-refractivity contribution < 1.29 is 14.4 Å². The first kappa shape index (κ1) is 22.4. The van der Waals surface area contributed by atoms with Crippen LogP contribution in [0.4, 0.5) is 17.1 Å². The molecule has 1 atom stereocenters. The van der Waals surface area contributed by atoms with Gasteiger partial charge in [-0.1, -0.05) is 12.1 Å². The average Bonchev–Trinajstić information content (AvgIpc) is 2.86. The lowest BCUT2D eigenvalue weighted by atomic mass is 9.95. The van der Waals surface area contributed by atoms with E-state index in [0.717, 1.165) is 69.4 Å². The zero-order valence-electron chi connectivity index (χ0n) is 19.8. The predicted octanol–water partition coefficient (Wildman–Crippen LogP) is 3.97. The number of carbonyl (C=O) groups is 3. The van der Waals surface area contributed by atoms with Crippen molar-refractivity contribution in [3.63, 3.8) is 0 Å². The molecule has 0 bridgehead atoms. The first-order valence-corrected chi connectivity index (χ1v) is 12.4. The Morgan fingerprint density at radius 1 is 0.941 bits per heavy atom. The highest BCUT2D eigenvalue weighted by Gasteiger charge is 2.40. The van der Waals surface area contributed by atoms with E-state index in [9.17, 15) is 14.4 Å². The van der Waals surface area contributed by atoms with Crippen LogP contribution in [0.5, 0.6) is 0 Å². The van der Waals surface area contributed by atoms with Gasteiger partial charge in [0.2, 0.25) is 11.8 Å². The van der Waals surface area contributed by atoms with E-state index in [1.807, 2.05) is 54.3 Å². The van der Waals surface area contributed by atoms with Crippen LogP contribution in [0, 0.1) is 6.92 Å². The molecule has 7 heteroatoms. The maximum Gasteiger partial charge on any atom is 0.253 e. The molecule has 2 aromatic rings. The summed E-state index contributed by atoms with van der Waals surface area (Å²) in [5.74, 6) is -0.309. The Labute approximate surface area is 200 Å². The van der Waals surface area contributed by atoms with Crippen molar-refractivity contribution in [2.24, 2.45) is 0 Å². The van der Waals surface area contributed by atoms with Crippen molar-refractivity contribution in [1.82, 2.24) is 4.90 Å². The van der Waals surface area contributed by atoms with Gasteiger partial charge in [0, 0.05) is 30.9 Å². The number of anilines is 3. The molecule has 0 aromatic heterocycles. The van der Waals surface area contributed by atoms with Crippen LogP contribution in [0.3, 0.4) is 0 Å². The Bertz CT molecular complexity index is 1110. The summed E-state index contributed by atoms with van der Waals surface area (Å²) < 4.78 is 0. The molecular formula is C27H32N4O3. The number of hydrogen-bond donors (Lipinski definition) is 1. The van der Waals surface area contributed by atoms with E-state index in [1.165, 1.54) is 0 Å². The van der Waals surface area contributed by atoms with E-state index >= 15 is 0 Å². The van der Waals surface area contributed by atoms with Crippen molar-refractivity contribution in [3.05, 3.63) is 53.6 Å². The van der Waals surface area contributed by atoms with E-state index in [4.69, 9.17) is 0 Å². The highest BCUT2D eigenvalue weighted by molar-refractivity contribution is 6.11. The lowest BCUT2D eigenvalue weighted by Crippen LogP contribution is -2.56. The molecule has 2 aromatic carbocycles. The second kappa shape index (κ2) is 9.49. The number of carbonyl (C=O) groups excluding carboxylic acids is 3. The van der Waals surface area contributed by atoms with Crippen molar-refractivity contribution in [2.75, 3.05) is 41.3 Å². The Morgan fingerprint density at radius 2 is 1.74 bits per heavy atom. The molecule has 178 valence electrons. The summed E-state index contributed by atoms with van der Waals surface area (Å²) in [4.78, 5) is 45.4. The molecular weight excluding hydrogens is 428 g/mol. The molecule has 2 fully saturated rings. The van der Waals surface area contributed by atoms with Crippen LogP contribution in [-0.4, -0.2) is 54.8 Å². The number of benzene rings is 2. The zero-order chi connectivity index (χ0) is 23.7. The van der Waals surface area contributed by atoms with E-state index < -0.39 is 0 Å². The number of nitrogens with zero attached hydrogens (tertiary/aromatic N) is 3. The van der Waals surface area contributed by atoms with Gasteiger partial charge < -0.3 is 15.1 Å². The minimum absolute atomic E-state index is 0.000112. The summed E-state index contributed by atoms with van der Waals surface area (Å²) in [5.41, 5.74) is 3.93. The molecule has 3 heterocycles. The molecule has 2 saturated heterocycles. The summed E-state index contributed by atoms with van der Waals surface area (Å²) in [6, 6.07) is 13.0. The fourth-order valence-corrected chi connectivity index (χ4v) is 5.40. The third-order valence-corrected chi connectivity index (χ3v) is 7.12. The van der Waals surface area contributed by atoms with Gasteiger partial charge in [0.25, 0.3) is 5.91 Å². The molecule has 3 amide bonds. The molecule has 5 rings (SSSR count). The lowest BCUT2D eigenvalue weighted by molar-refractivity contribution is -0.123. The Balaban J connectivity index is 1.45. The molecule has 0 aliphatic carbocycles. The number of hydrogen-bond acceptors (Lipinski definition) is 4. The molecule has 1 N–H and O–H groups in total. The molecule has 34 heavy (non-hydrogen) atoms. The van der Waals surface area contributed by atoms with Crippen molar-refractivity contribution in [1.29, 1.82) is 0 Å². The minimum Gasteiger partial charge on any atom is -0.358 e. The molecule has 0 spiro atoms. The second-order valence-corrected chi connectivity index (χ2v) is 9.60. The predicted molar refractivity (Wildman–Crippen MR) is 133 cm³/mol. The van der Waals surface area contributed by atoms with Crippen LogP contribution in [-0.2, 0) is 9.59 Å². The topological polar surface area (TPSA) is 73.0 Å². The van der Waals surface area contributed by atoms with Gasteiger partial charge in [-0.15, -0.1) is 0 Å². The van der Waals surface area contributed by atoms with Crippen LogP contribution < -0.4 is 15.1 Å². The molecule has 0 saturated carbocycles. The Kier molecular flexibility index (Phi) is 6.26. The van der Waals surface area contributed by atoms with Gasteiger partial charge in [0.15, 0.2) is 0 Å². The molecule has 3 aliphatic rings. The smallest absolute Gasteiger partial charge is 0.253 e. The van der Waals surface area contributed by atoms with Gasteiger partial charge >= 0.3 is 0 Å². The number of fused-ring (bicyclic) bond motifs is 3. The fourth-order valence-electron chi connectivity index (χ4n) is 5.40. The number of piperidine rings is 2. The number of amides is 3. The SMILES string of the molecule is Cc1cccc(NC(=O)CN2C(=O)C3CCCCN3c3ccc(C(=O)N4CCCCC4)cc32)c1. The highest BCUT2D eigenvalue weighted by atomic mass is 16.2. The quantitative estimate of drug-likeness (QED) is 0.750. The fraction of sp³-hybridized carbons (Fsp3) is 0.444. The minimum atomic E-state index is -0.253. The van der Waals surface area contributed by atoms with Crippen molar-refractivity contribution in [2.45, 2.75) is 51.5 Å². The summed E-state index contributed by atoms with van der Waals surface area (Å²) in [6.07, 6.45) is 6.01. The summed E-state index contributed by atoms with van der Waals surface area (Å²) in [7, 11) is 0. The van der Waals surface area contributed by atoms with E-state index in [1.54, 1.807) is 4.90 Å². The van der Waals surface area contributed by atoms with Crippen molar-refractivity contribution >= 4 is 34.8 Å². The van der Waals surface area contributed by atoms with Gasteiger partial charge in [0.1, 0.15) is 12.6 Å². The number of rotatable bonds is 4. The van der Waals surface area contributed by atoms with Gasteiger partial charge in [-0.2, -0.15) is 0 Å². The normalized spacial score (nSPS) is 20.0. The van der Waals surface area contributed by atoms with E-state index in [-0.39, 0.29) is 30.3 Å². The third-order valence-electron chi connectivity index (χ3n) is 7.12. The van der Waals surface area contributed by atoms with Crippen LogP contribution in [0.25, 0.3) is 0 Å². The van der Waals surface area contributed by atoms with Gasteiger partial charge in [-0.25, -0.2) is 0 Å². The first-order valence-electron chi connectivity index (χ1n) is 12.4. The standard InChI is InChI=1S/C27H32N4O3/c1-19-8-7-9-21(16-19)28-25(32)18-31-24-17-20(26(33)29-13-4-2-5-14-29)11-12-22(24)30-15-6-3-10-23(30)27(31)34/h7-9,11-12,16-17,23H,2-6,10,13-15,18H2,1H3,(H,28,32). The van der Waals surface area contributed by atoms with Gasteiger partial charge in [0.05, 0.1) is 11.4 Å². The number of likely N-dealkylation sites (tertiary alicyclic amines) is 1. The third kappa shape index (κ3) is 4.39. The van der Waals surface area contributed by atoms with Crippen LogP contribution in [0.2, 0.25) is 0 Å². The Morgan fingerprint density at radius 3 is 2.53 bits per heavy atom. The largest absolute Gasteiger partial charge is 0.358 e. The average molecular weight is 461 g/mol. The van der Waals surface area contributed by atoms with Gasteiger partial charge in [-0.05, 0) is 81.3 Å². The monoisotopic (exact) mass is 460 g/mol. The summed E-state index contributed by atoms with van der Waals surface area (Å²) >= 11 is 0. The van der Waals surface area contributed by atoms with E-state index in [2.05, 4.69) is 10.2 Å². The van der Waals surface area contributed by atoms with E-state index in [0.29, 0.717) is 16.9 Å². The highest BCUT2D eigenvalue weighted by Crippen LogP contribution is 2.40. The zero-order valence-corrected chi connectivity index (χ0v) is 19.8. The first-order chi connectivity index (χ1) is 16.5. The number of aryl methyl sites for hydroxylation is 1. The molecule has 7 nitrogen and oxygen atoms in total. The van der Waals surface area contributed by atoms with Crippen molar-refractivity contribution in [3.8, 4) is 0 Å². The van der Waals surface area contributed by atoms with Crippen LogP contribution in [0.15, 0.2) is 42.5 Å². The lowest BCUT2D eigenvalue weighted by Gasteiger charge is -2.45. The van der Waals surface area contributed by atoms with Crippen LogP contribution >= 0.6 is 0 Å². The molecule has 1 unspecified atom stereocenters.